The maximum Gasteiger partial charge on any atom is 0.00385 e. The Hall–Kier alpha value is -0.340. The summed E-state index contributed by atoms with van der Waals surface area (Å²) in [6.45, 7) is 11.9. The summed E-state index contributed by atoms with van der Waals surface area (Å²) in [5.74, 6) is 0.730. The Balaban J connectivity index is 2.31. The molecule has 2 N–H and O–H groups in total. The van der Waals surface area contributed by atoms with Gasteiger partial charge in [0.2, 0.25) is 0 Å². The van der Waals surface area contributed by atoms with Crippen LogP contribution < -0.4 is 5.73 Å². The lowest BCUT2D eigenvalue weighted by Gasteiger charge is -2.35. The first-order valence-electron chi connectivity index (χ1n) is 5.77. The summed E-state index contributed by atoms with van der Waals surface area (Å²) in [5.41, 5.74) is 6.91. The molecule has 0 aromatic rings. The SMILES string of the molecule is C=C(CCN)C1CCN(C(C)C)CC1. The standard InChI is InChI=1S/C12H24N2/c1-10(2)14-8-5-12(6-9-14)11(3)4-7-13/h10,12H,3-9,13H2,1-2H3. The monoisotopic (exact) mass is 196 g/mol. The van der Waals surface area contributed by atoms with Crippen molar-refractivity contribution in [2.45, 2.75) is 39.2 Å². The normalized spacial score (nSPS) is 20.3. The third kappa shape index (κ3) is 3.10. The Kier molecular flexibility index (Phi) is 4.63. The van der Waals surface area contributed by atoms with E-state index in [1.165, 1.54) is 31.5 Å². The van der Waals surface area contributed by atoms with Gasteiger partial charge in [-0.3, -0.25) is 0 Å². The van der Waals surface area contributed by atoms with Crippen LogP contribution in [0.4, 0.5) is 0 Å². The van der Waals surface area contributed by atoms with E-state index in [0.29, 0.717) is 6.04 Å². The molecule has 2 nitrogen and oxygen atoms in total. The second-order valence-electron chi connectivity index (χ2n) is 4.60. The number of nitrogens with two attached hydrogens (primary N) is 1. The molecule has 0 spiro atoms. The predicted molar refractivity (Wildman–Crippen MR) is 62.2 cm³/mol. The molecule has 2 heteroatoms. The number of nitrogens with zero attached hydrogens (tertiary/aromatic N) is 1. The van der Waals surface area contributed by atoms with Crippen molar-refractivity contribution in [2.75, 3.05) is 19.6 Å². The van der Waals surface area contributed by atoms with E-state index in [2.05, 4.69) is 25.3 Å². The Bertz CT molecular complexity index is 179. The fraction of sp³-hybridized carbons (Fsp3) is 0.833. The highest BCUT2D eigenvalue weighted by Gasteiger charge is 2.21. The van der Waals surface area contributed by atoms with Crippen LogP contribution in [0.25, 0.3) is 0 Å². The Morgan fingerprint density at radius 3 is 2.43 bits per heavy atom. The predicted octanol–water partition coefficient (Wildman–Crippen LogP) is 2.01. The van der Waals surface area contributed by atoms with Gasteiger partial charge in [0.15, 0.2) is 0 Å². The lowest BCUT2D eigenvalue weighted by molar-refractivity contribution is 0.160. The van der Waals surface area contributed by atoms with Crippen molar-refractivity contribution in [3.8, 4) is 0 Å². The van der Waals surface area contributed by atoms with Crippen molar-refractivity contribution in [2.24, 2.45) is 11.7 Å². The third-order valence-electron chi connectivity index (χ3n) is 3.30. The van der Waals surface area contributed by atoms with Crippen LogP contribution in [0.5, 0.6) is 0 Å². The van der Waals surface area contributed by atoms with Gasteiger partial charge < -0.3 is 10.6 Å². The van der Waals surface area contributed by atoms with Gasteiger partial charge in [-0.1, -0.05) is 12.2 Å². The number of hydrogen-bond acceptors (Lipinski definition) is 2. The van der Waals surface area contributed by atoms with E-state index >= 15 is 0 Å². The zero-order chi connectivity index (χ0) is 10.6. The summed E-state index contributed by atoms with van der Waals surface area (Å²) in [7, 11) is 0. The van der Waals surface area contributed by atoms with Gasteiger partial charge in [-0.2, -0.15) is 0 Å². The van der Waals surface area contributed by atoms with E-state index in [0.717, 1.165) is 18.9 Å². The van der Waals surface area contributed by atoms with Crippen molar-refractivity contribution < 1.29 is 0 Å². The minimum absolute atomic E-state index is 0.693. The number of piperidine rings is 1. The van der Waals surface area contributed by atoms with Crippen LogP contribution in [0.1, 0.15) is 33.1 Å². The highest BCUT2D eigenvalue weighted by Crippen LogP contribution is 2.25. The summed E-state index contributed by atoms with van der Waals surface area (Å²) in [6, 6.07) is 0.693. The summed E-state index contributed by atoms with van der Waals surface area (Å²) in [4.78, 5) is 2.55. The number of rotatable bonds is 4. The molecule has 0 radical (unpaired) electrons. The van der Waals surface area contributed by atoms with Gasteiger partial charge in [0.1, 0.15) is 0 Å². The van der Waals surface area contributed by atoms with Crippen LogP contribution in [0.3, 0.4) is 0 Å². The van der Waals surface area contributed by atoms with Crippen LogP contribution in [0.2, 0.25) is 0 Å². The van der Waals surface area contributed by atoms with Crippen LogP contribution in [-0.4, -0.2) is 30.6 Å². The van der Waals surface area contributed by atoms with Gasteiger partial charge >= 0.3 is 0 Å². The first-order chi connectivity index (χ1) is 6.65. The van der Waals surface area contributed by atoms with Crippen molar-refractivity contribution in [1.29, 1.82) is 0 Å². The van der Waals surface area contributed by atoms with Gasteiger partial charge in [0.05, 0.1) is 0 Å². The lowest BCUT2D eigenvalue weighted by Crippen LogP contribution is -2.38. The smallest absolute Gasteiger partial charge is 0.00385 e. The van der Waals surface area contributed by atoms with Gasteiger partial charge in [-0.05, 0) is 58.7 Å². The second-order valence-corrected chi connectivity index (χ2v) is 4.60. The molecule has 0 aliphatic carbocycles. The molecule has 14 heavy (non-hydrogen) atoms. The maximum absolute atomic E-state index is 5.54. The fourth-order valence-electron chi connectivity index (χ4n) is 2.21. The highest BCUT2D eigenvalue weighted by molar-refractivity contribution is 5.02. The van der Waals surface area contributed by atoms with Gasteiger partial charge in [-0.25, -0.2) is 0 Å². The van der Waals surface area contributed by atoms with Crippen molar-refractivity contribution in [1.82, 2.24) is 4.90 Å². The van der Waals surface area contributed by atoms with E-state index in [1.807, 2.05) is 0 Å². The molecule has 1 fully saturated rings. The molecular formula is C12H24N2. The maximum atomic E-state index is 5.54. The summed E-state index contributed by atoms with van der Waals surface area (Å²) in [5, 5.41) is 0. The molecular weight excluding hydrogens is 172 g/mol. The largest absolute Gasteiger partial charge is 0.330 e. The first kappa shape index (κ1) is 11.7. The average molecular weight is 196 g/mol. The summed E-state index contributed by atoms with van der Waals surface area (Å²) in [6.07, 6.45) is 3.56. The van der Waals surface area contributed by atoms with E-state index < -0.39 is 0 Å². The number of likely N-dealkylation sites (tertiary alicyclic amines) is 1. The molecule has 0 bridgehead atoms. The van der Waals surface area contributed by atoms with E-state index in [-0.39, 0.29) is 0 Å². The molecule has 1 aliphatic heterocycles. The molecule has 0 saturated carbocycles. The Morgan fingerprint density at radius 2 is 2.00 bits per heavy atom. The van der Waals surface area contributed by atoms with Gasteiger partial charge in [0, 0.05) is 6.04 Å². The van der Waals surface area contributed by atoms with Gasteiger partial charge in [0.25, 0.3) is 0 Å². The number of hydrogen-bond donors (Lipinski definition) is 1. The lowest BCUT2D eigenvalue weighted by atomic mass is 9.88. The molecule has 0 unspecified atom stereocenters. The molecule has 0 aromatic heterocycles. The van der Waals surface area contributed by atoms with Crippen LogP contribution in [0.15, 0.2) is 12.2 Å². The quantitative estimate of drug-likeness (QED) is 0.697. The van der Waals surface area contributed by atoms with E-state index in [4.69, 9.17) is 5.73 Å². The zero-order valence-corrected chi connectivity index (χ0v) is 9.63. The minimum Gasteiger partial charge on any atom is -0.330 e. The molecule has 1 heterocycles. The molecule has 0 aromatic carbocycles. The molecule has 82 valence electrons. The van der Waals surface area contributed by atoms with Gasteiger partial charge in [-0.15, -0.1) is 0 Å². The van der Waals surface area contributed by atoms with Crippen molar-refractivity contribution >= 4 is 0 Å². The van der Waals surface area contributed by atoms with Crippen molar-refractivity contribution in [3.63, 3.8) is 0 Å². The van der Waals surface area contributed by atoms with Crippen LogP contribution >= 0.6 is 0 Å². The van der Waals surface area contributed by atoms with Crippen LogP contribution in [0, 0.1) is 5.92 Å². The molecule has 0 atom stereocenters. The first-order valence-corrected chi connectivity index (χ1v) is 5.77. The highest BCUT2D eigenvalue weighted by atomic mass is 15.1. The Morgan fingerprint density at radius 1 is 1.43 bits per heavy atom. The topological polar surface area (TPSA) is 29.3 Å². The molecule has 1 aliphatic rings. The third-order valence-corrected chi connectivity index (χ3v) is 3.30. The fourth-order valence-corrected chi connectivity index (χ4v) is 2.21. The molecule has 1 saturated heterocycles. The molecule has 1 rings (SSSR count). The van der Waals surface area contributed by atoms with Crippen LogP contribution in [-0.2, 0) is 0 Å². The summed E-state index contributed by atoms with van der Waals surface area (Å²) >= 11 is 0. The molecule has 0 amide bonds. The van der Waals surface area contributed by atoms with Crippen molar-refractivity contribution in [3.05, 3.63) is 12.2 Å². The zero-order valence-electron chi connectivity index (χ0n) is 9.63. The average Bonchev–Trinajstić information content (AvgIpc) is 2.18. The minimum atomic E-state index is 0.693. The second kappa shape index (κ2) is 5.52. The Labute approximate surface area is 88.2 Å². The van der Waals surface area contributed by atoms with E-state index in [1.54, 1.807) is 0 Å². The van der Waals surface area contributed by atoms with E-state index in [9.17, 15) is 0 Å². The summed E-state index contributed by atoms with van der Waals surface area (Å²) < 4.78 is 0.